The van der Waals surface area contributed by atoms with Gasteiger partial charge in [0.2, 0.25) is 10.0 Å². The molecule has 2 atom stereocenters. The highest BCUT2D eigenvalue weighted by Gasteiger charge is 2.29. The van der Waals surface area contributed by atoms with E-state index in [-0.39, 0.29) is 22.1 Å². The number of sulfonamides is 1. The molecule has 1 aliphatic carbocycles. The van der Waals surface area contributed by atoms with Crippen LogP contribution in [0.5, 0.6) is 0 Å². The second-order valence-electron chi connectivity index (χ2n) is 4.86. The van der Waals surface area contributed by atoms with Gasteiger partial charge in [0.05, 0.1) is 15.9 Å². The molecule has 2 unspecified atom stereocenters. The molecule has 21 heavy (non-hydrogen) atoms. The topological polar surface area (TPSA) is 98.5 Å². The number of nitro groups is 1. The van der Waals surface area contributed by atoms with Crippen molar-refractivity contribution >= 4 is 27.3 Å². The molecule has 7 nitrogen and oxygen atoms in total. The van der Waals surface area contributed by atoms with Crippen LogP contribution in [0.1, 0.15) is 19.3 Å². The summed E-state index contributed by atoms with van der Waals surface area (Å²) in [5.41, 5.74) is -0.430. The number of halogens is 1. The van der Waals surface area contributed by atoms with E-state index in [9.17, 15) is 18.5 Å². The van der Waals surface area contributed by atoms with Crippen LogP contribution in [0, 0.1) is 10.1 Å². The number of benzene rings is 1. The summed E-state index contributed by atoms with van der Waals surface area (Å²) in [6, 6.07) is 3.20. The second kappa shape index (κ2) is 6.27. The lowest BCUT2D eigenvalue weighted by molar-refractivity contribution is -0.384. The van der Waals surface area contributed by atoms with Gasteiger partial charge in [0.25, 0.3) is 5.69 Å². The molecule has 2 rings (SSSR count). The molecule has 1 N–H and O–H groups in total. The molecule has 1 fully saturated rings. The Morgan fingerprint density at radius 1 is 1.43 bits per heavy atom. The number of ether oxygens (including phenoxy) is 1. The second-order valence-corrected chi connectivity index (χ2v) is 6.98. The van der Waals surface area contributed by atoms with Crippen molar-refractivity contribution in [3.63, 3.8) is 0 Å². The van der Waals surface area contributed by atoms with Gasteiger partial charge in [-0.15, -0.1) is 0 Å². The summed E-state index contributed by atoms with van der Waals surface area (Å²) < 4.78 is 32.2. The van der Waals surface area contributed by atoms with Crippen molar-refractivity contribution in [1.82, 2.24) is 4.72 Å². The molecule has 0 spiro atoms. The van der Waals surface area contributed by atoms with Gasteiger partial charge in [0, 0.05) is 19.2 Å². The monoisotopic (exact) mass is 334 g/mol. The molecular formula is C12H15ClN2O5S. The van der Waals surface area contributed by atoms with E-state index in [0.717, 1.165) is 12.5 Å². The molecule has 9 heteroatoms. The first-order valence-electron chi connectivity index (χ1n) is 6.32. The third kappa shape index (κ3) is 3.70. The zero-order valence-electron chi connectivity index (χ0n) is 11.3. The maximum atomic E-state index is 12.3. The van der Waals surface area contributed by atoms with Gasteiger partial charge in [-0.3, -0.25) is 10.1 Å². The van der Waals surface area contributed by atoms with Gasteiger partial charge in [-0.25, -0.2) is 13.1 Å². The van der Waals surface area contributed by atoms with E-state index >= 15 is 0 Å². The molecule has 0 aromatic heterocycles. The summed E-state index contributed by atoms with van der Waals surface area (Å²) in [5, 5.41) is 10.7. The summed E-state index contributed by atoms with van der Waals surface area (Å²) in [5.74, 6) is 0. The van der Waals surface area contributed by atoms with Crippen LogP contribution in [-0.4, -0.2) is 32.6 Å². The predicted octanol–water partition coefficient (Wildman–Crippen LogP) is 2.09. The van der Waals surface area contributed by atoms with E-state index in [1.54, 1.807) is 7.11 Å². The van der Waals surface area contributed by atoms with Crippen molar-refractivity contribution in [2.75, 3.05) is 7.11 Å². The molecule has 116 valence electrons. The largest absolute Gasteiger partial charge is 0.381 e. The van der Waals surface area contributed by atoms with E-state index in [0.29, 0.717) is 12.8 Å². The molecule has 1 aromatic rings. The molecule has 1 aromatic carbocycles. The number of hydrogen-bond donors (Lipinski definition) is 1. The quantitative estimate of drug-likeness (QED) is 0.656. The van der Waals surface area contributed by atoms with Gasteiger partial charge < -0.3 is 4.74 Å². The summed E-state index contributed by atoms with van der Waals surface area (Å²) in [6.07, 6.45) is 2.08. The average Bonchev–Trinajstić information content (AvgIpc) is 2.85. The Kier molecular flexibility index (Phi) is 4.82. The Balaban J connectivity index is 2.20. The lowest BCUT2D eigenvalue weighted by atomic mass is 10.3. The fourth-order valence-electron chi connectivity index (χ4n) is 2.35. The van der Waals surface area contributed by atoms with E-state index in [1.807, 2.05) is 0 Å². The zero-order valence-corrected chi connectivity index (χ0v) is 12.9. The van der Waals surface area contributed by atoms with Crippen LogP contribution >= 0.6 is 11.6 Å². The average molecular weight is 335 g/mol. The number of nitrogens with one attached hydrogen (secondary N) is 1. The molecule has 1 aliphatic rings. The number of nitro benzene ring substituents is 1. The highest BCUT2D eigenvalue weighted by atomic mass is 35.5. The number of methoxy groups -OCH3 is 1. The molecule has 0 aliphatic heterocycles. The van der Waals surface area contributed by atoms with Crippen LogP contribution in [-0.2, 0) is 14.8 Å². The number of nitrogens with zero attached hydrogens (tertiary/aromatic N) is 1. The Labute approximate surface area is 127 Å². The third-order valence-corrected chi connectivity index (χ3v) is 5.30. The van der Waals surface area contributed by atoms with E-state index in [2.05, 4.69) is 4.72 Å². The van der Waals surface area contributed by atoms with Gasteiger partial charge >= 0.3 is 0 Å². The Hall–Kier alpha value is -1.22. The van der Waals surface area contributed by atoms with Crippen molar-refractivity contribution in [2.24, 2.45) is 0 Å². The maximum Gasteiger partial charge on any atom is 0.289 e. The summed E-state index contributed by atoms with van der Waals surface area (Å²) in [4.78, 5) is 9.94. The highest BCUT2D eigenvalue weighted by Crippen LogP contribution is 2.28. The fraction of sp³-hybridized carbons (Fsp3) is 0.500. The normalized spacial score (nSPS) is 22.4. The third-order valence-electron chi connectivity index (χ3n) is 3.46. The number of hydrogen-bond acceptors (Lipinski definition) is 5. The van der Waals surface area contributed by atoms with Crippen molar-refractivity contribution in [3.8, 4) is 0 Å². The Morgan fingerprint density at radius 3 is 2.71 bits per heavy atom. The molecule has 0 bridgehead atoms. The molecular weight excluding hydrogens is 320 g/mol. The van der Waals surface area contributed by atoms with Gasteiger partial charge in [0.15, 0.2) is 0 Å². The van der Waals surface area contributed by atoms with Crippen molar-refractivity contribution in [2.45, 2.75) is 36.3 Å². The van der Waals surface area contributed by atoms with Crippen LogP contribution < -0.4 is 4.72 Å². The minimum atomic E-state index is -3.82. The van der Waals surface area contributed by atoms with Crippen molar-refractivity contribution in [1.29, 1.82) is 0 Å². The standard InChI is InChI=1S/C12H15ClN2O5S/c1-20-9-3-2-8(6-9)14-21(18,19)10-4-5-11(13)12(7-10)15(16)17/h4-5,7-9,14H,2-3,6H2,1H3. The molecule has 0 heterocycles. The first-order valence-corrected chi connectivity index (χ1v) is 8.18. The first-order chi connectivity index (χ1) is 9.83. The van der Waals surface area contributed by atoms with Crippen LogP contribution in [0.4, 0.5) is 5.69 Å². The summed E-state index contributed by atoms with van der Waals surface area (Å²) in [7, 11) is -2.23. The van der Waals surface area contributed by atoms with Gasteiger partial charge in [-0.2, -0.15) is 0 Å². The van der Waals surface area contributed by atoms with E-state index in [4.69, 9.17) is 16.3 Å². The highest BCUT2D eigenvalue weighted by molar-refractivity contribution is 7.89. The maximum absolute atomic E-state index is 12.3. The van der Waals surface area contributed by atoms with Gasteiger partial charge in [-0.05, 0) is 31.4 Å². The lowest BCUT2D eigenvalue weighted by Crippen LogP contribution is -2.33. The molecule has 1 saturated carbocycles. The minimum Gasteiger partial charge on any atom is -0.381 e. The first kappa shape index (κ1) is 16.2. The summed E-state index contributed by atoms with van der Waals surface area (Å²) >= 11 is 5.68. The number of rotatable bonds is 5. The van der Waals surface area contributed by atoms with Crippen molar-refractivity contribution < 1.29 is 18.1 Å². The molecule has 0 radical (unpaired) electrons. The summed E-state index contributed by atoms with van der Waals surface area (Å²) in [6.45, 7) is 0. The van der Waals surface area contributed by atoms with Crippen LogP contribution in [0.15, 0.2) is 23.1 Å². The zero-order chi connectivity index (χ0) is 15.6. The van der Waals surface area contributed by atoms with Crippen LogP contribution in [0.3, 0.4) is 0 Å². The molecule has 0 saturated heterocycles. The van der Waals surface area contributed by atoms with Crippen molar-refractivity contribution in [3.05, 3.63) is 33.3 Å². The Bertz CT molecular complexity index is 649. The van der Waals surface area contributed by atoms with Gasteiger partial charge in [0.1, 0.15) is 5.02 Å². The lowest BCUT2D eigenvalue weighted by Gasteiger charge is -2.13. The van der Waals surface area contributed by atoms with Crippen LogP contribution in [0.25, 0.3) is 0 Å². The SMILES string of the molecule is COC1CCC(NS(=O)(=O)c2ccc(Cl)c([N+](=O)[O-])c2)C1. The fourth-order valence-corrected chi connectivity index (χ4v) is 3.84. The smallest absolute Gasteiger partial charge is 0.289 e. The molecule has 0 amide bonds. The van der Waals surface area contributed by atoms with Crippen LogP contribution in [0.2, 0.25) is 5.02 Å². The van der Waals surface area contributed by atoms with E-state index < -0.39 is 20.6 Å². The predicted molar refractivity (Wildman–Crippen MR) is 76.9 cm³/mol. The minimum absolute atomic E-state index is 0.0391. The van der Waals surface area contributed by atoms with Gasteiger partial charge in [-0.1, -0.05) is 11.6 Å². The van der Waals surface area contributed by atoms with E-state index in [1.165, 1.54) is 12.1 Å². The Morgan fingerprint density at radius 2 is 2.14 bits per heavy atom.